The second kappa shape index (κ2) is 7.63. The van der Waals surface area contributed by atoms with Crippen molar-refractivity contribution in [1.29, 1.82) is 0 Å². The second-order valence-corrected chi connectivity index (χ2v) is 4.59. The third kappa shape index (κ3) is 5.48. The van der Waals surface area contributed by atoms with E-state index in [0.29, 0.717) is 13.1 Å². The SMILES string of the molecule is CCNC(=O)CN1CCN(CC(O)CC)CC1. The molecule has 100 valence electrons. The summed E-state index contributed by atoms with van der Waals surface area (Å²) in [7, 11) is 0. The van der Waals surface area contributed by atoms with Crippen LogP contribution in [0.15, 0.2) is 0 Å². The van der Waals surface area contributed by atoms with E-state index >= 15 is 0 Å². The van der Waals surface area contributed by atoms with Gasteiger partial charge in [0.1, 0.15) is 0 Å². The van der Waals surface area contributed by atoms with Gasteiger partial charge in [0.15, 0.2) is 0 Å². The van der Waals surface area contributed by atoms with Gasteiger partial charge < -0.3 is 10.4 Å². The summed E-state index contributed by atoms with van der Waals surface area (Å²) in [6, 6.07) is 0. The topological polar surface area (TPSA) is 55.8 Å². The number of carbonyl (C=O) groups is 1. The van der Waals surface area contributed by atoms with Crippen molar-refractivity contribution in [2.45, 2.75) is 26.4 Å². The Morgan fingerprint density at radius 2 is 1.82 bits per heavy atom. The fourth-order valence-corrected chi connectivity index (χ4v) is 2.01. The molecule has 1 heterocycles. The molecule has 0 radical (unpaired) electrons. The highest BCUT2D eigenvalue weighted by molar-refractivity contribution is 5.77. The fraction of sp³-hybridized carbons (Fsp3) is 0.917. The van der Waals surface area contributed by atoms with Gasteiger partial charge in [-0.3, -0.25) is 14.6 Å². The van der Waals surface area contributed by atoms with Gasteiger partial charge >= 0.3 is 0 Å². The molecule has 1 aliphatic heterocycles. The summed E-state index contributed by atoms with van der Waals surface area (Å²) in [5.41, 5.74) is 0. The van der Waals surface area contributed by atoms with Gasteiger partial charge in [-0.15, -0.1) is 0 Å². The summed E-state index contributed by atoms with van der Waals surface area (Å²) in [5.74, 6) is 0.106. The van der Waals surface area contributed by atoms with Crippen LogP contribution in [0.2, 0.25) is 0 Å². The van der Waals surface area contributed by atoms with Crippen molar-refractivity contribution in [1.82, 2.24) is 15.1 Å². The van der Waals surface area contributed by atoms with Crippen molar-refractivity contribution < 1.29 is 9.90 Å². The lowest BCUT2D eigenvalue weighted by Gasteiger charge is -2.35. The first-order valence-corrected chi connectivity index (χ1v) is 6.55. The van der Waals surface area contributed by atoms with Crippen LogP contribution in [0.4, 0.5) is 0 Å². The predicted molar refractivity (Wildman–Crippen MR) is 67.9 cm³/mol. The van der Waals surface area contributed by atoms with Crippen LogP contribution in [0.3, 0.4) is 0 Å². The van der Waals surface area contributed by atoms with E-state index in [1.165, 1.54) is 0 Å². The van der Waals surface area contributed by atoms with Crippen molar-refractivity contribution in [3.63, 3.8) is 0 Å². The van der Waals surface area contributed by atoms with Crippen LogP contribution in [0.5, 0.6) is 0 Å². The lowest BCUT2D eigenvalue weighted by atomic mass is 10.2. The molecular formula is C12H25N3O2. The van der Waals surface area contributed by atoms with Gasteiger partial charge in [0.25, 0.3) is 0 Å². The van der Waals surface area contributed by atoms with Crippen LogP contribution in [0.25, 0.3) is 0 Å². The van der Waals surface area contributed by atoms with E-state index in [0.717, 1.165) is 39.1 Å². The molecule has 17 heavy (non-hydrogen) atoms. The molecule has 0 saturated carbocycles. The van der Waals surface area contributed by atoms with Crippen LogP contribution >= 0.6 is 0 Å². The molecule has 0 bridgehead atoms. The van der Waals surface area contributed by atoms with Crippen molar-refractivity contribution in [3.05, 3.63) is 0 Å². The van der Waals surface area contributed by atoms with Gasteiger partial charge in [-0.25, -0.2) is 0 Å². The fourth-order valence-electron chi connectivity index (χ4n) is 2.01. The van der Waals surface area contributed by atoms with Gasteiger partial charge in [0.2, 0.25) is 5.91 Å². The quantitative estimate of drug-likeness (QED) is 0.661. The molecule has 1 atom stereocenters. The van der Waals surface area contributed by atoms with E-state index in [1.54, 1.807) is 0 Å². The molecule has 2 N–H and O–H groups in total. The van der Waals surface area contributed by atoms with E-state index in [4.69, 9.17) is 0 Å². The van der Waals surface area contributed by atoms with Gasteiger partial charge in [-0.2, -0.15) is 0 Å². The van der Waals surface area contributed by atoms with Crippen molar-refractivity contribution in [2.24, 2.45) is 0 Å². The Morgan fingerprint density at radius 3 is 2.35 bits per heavy atom. The molecule has 0 spiro atoms. The third-order valence-electron chi connectivity index (χ3n) is 3.15. The number of aliphatic hydroxyl groups is 1. The number of β-amino-alcohol motifs (C(OH)–C–C–N with tert-alkyl or cyclic N) is 1. The molecule has 0 aromatic rings. The van der Waals surface area contributed by atoms with E-state index in [2.05, 4.69) is 15.1 Å². The maximum absolute atomic E-state index is 11.4. The Bertz CT molecular complexity index is 228. The maximum Gasteiger partial charge on any atom is 0.234 e. The van der Waals surface area contributed by atoms with Crippen LogP contribution in [0, 0.1) is 0 Å². The number of amides is 1. The summed E-state index contributed by atoms with van der Waals surface area (Å²) < 4.78 is 0. The number of aliphatic hydroxyl groups excluding tert-OH is 1. The van der Waals surface area contributed by atoms with Gasteiger partial charge in [-0.05, 0) is 13.3 Å². The number of nitrogens with one attached hydrogen (secondary N) is 1. The number of likely N-dealkylation sites (N-methyl/N-ethyl adjacent to an activating group) is 1. The molecule has 1 fully saturated rings. The molecule has 0 aromatic carbocycles. The first-order valence-electron chi connectivity index (χ1n) is 6.55. The molecule has 0 aromatic heterocycles. The molecule has 5 nitrogen and oxygen atoms in total. The van der Waals surface area contributed by atoms with E-state index < -0.39 is 0 Å². The van der Waals surface area contributed by atoms with Crippen LogP contribution in [0.1, 0.15) is 20.3 Å². The van der Waals surface area contributed by atoms with Gasteiger partial charge in [-0.1, -0.05) is 6.92 Å². The summed E-state index contributed by atoms with van der Waals surface area (Å²) in [6.45, 7) is 9.58. The lowest BCUT2D eigenvalue weighted by Crippen LogP contribution is -2.50. The van der Waals surface area contributed by atoms with Gasteiger partial charge in [0.05, 0.1) is 12.6 Å². The van der Waals surface area contributed by atoms with Crippen LogP contribution in [-0.2, 0) is 4.79 Å². The highest BCUT2D eigenvalue weighted by atomic mass is 16.3. The van der Waals surface area contributed by atoms with Gasteiger partial charge in [0, 0.05) is 39.3 Å². The third-order valence-corrected chi connectivity index (χ3v) is 3.15. The van der Waals surface area contributed by atoms with Crippen molar-refractivity contribution in [2.75, 3.05) is 45.8 Å². The Labute approximate surface area is 104 Å². The summed E-state index contributed by atoms with van der Waals surface area (Å²) in [6.07, 6.45) is 0.587. The minimum absolute atomic E-state index is 0.106. The number of hydrogen-bond acceptors (Lipinski definition) is 4. The summed E-state index contributed by atoms with van der Waals surface area (Å²) >= 11 is 0. The monoisotopic (exact) mass is 243 g/mol. The first kappa shape index (κ1) is 14.4. The average Bonchev–Trinajstić information content (AvgIpc) is 2.32. The zero-order valence-corrected chi connectivity index (χ0v) is 11.0. The number of hydrogen-bond donors (Lipinski definition) is 2. The molecule has 1 unspecified atom stereocenters. The highest BCUT2D eigenvalue weighted by Crippen LogP contribution is 2.03. The zero-order chi connectivity index (χ0) is 12.7. The summed E-state index contributed by atoms with van der Waals surface area (Å²) in [5, 5.41) is 12.4. The summed E-state index contributed by atoms with van der Waals surface area (Å²) in [4.78, 5) is 15.8. The number of rotatable bonds is 6. The molecule has 1 aliphatic rings. The maximum atomic E-state index is 11.4. The molecule has 0 aliphatic carbocycles. The Kier molecular flexibility index (Phi) is 6.47. The molecule has 1 saturated heterocycles. The highest BCUT2D eigenvalue weighted by Gasteiger charge is 2.19. The number of piperazine rings is 1. The number of carbonyl (C=O) groups excluding carboxylic acids is 1. The smallest absolute Gasteiger partial charge is 0.234 e. The van der Waals surface area contributed by atoms with Crippen LogP contribution in [-0.4, -0.2) is 72.7 Å². The Morgan fingerprint density at radius 1 is 1.24 bits per heavy atom. The van der Waals surface area contributed by atoms with Crippen LogP contribution < -0.4 is 5.32 Å². The lowest BCUT2D eigenvalue weighted by molar-refractivity contribution is -0.122. The minimum Gasteiger partial charge on any atom is -0.392 e. The van der Waals surface area contributed by atoms with E-state index in [-0.39, 0.29) is 12.0 Å². The predicted octanol–water partition coefficient (Wildman–Crippen LogP) is -0.489. The standard InChI is InChI=1S/C12H25N3O2/c1-3-11(16)9-14-5-7-15(8-6-14)10-12(17)13-4-2/h11,16H,3-10H2,1-2H3,(H,13,17). The normalized spacial score (nSPS) is 20.2. The van der Waals surface area contributed by atoms with Crippen molar-refractivity contribution in [3.8, 4) is 0 Å². The largest absolute Gasteiger partial charge is 0.392 e. The van der Waals surface area contributed by atoms with E-state index in [9.17, 15) is 9.90 Å². The average molecular weight is 243 g/mol. The molecule has 1 rings (SSSR count). The minimum atomic E-state index is -0.218. The molecule has 1 amide bonds. The van der Waals surface area contributed by atoms with Crippen molar-refractivity contribution >= 4 is 5.91 Å². The first-order chi connectivity index (χ1) is 8.15. The molecular weight excluding hydrogens is 218 g/mol. The Balaban J connectivity index is 2.19. The second-order valence-electron chi connectivity index (χ2n) is 4.59. The zero-order valence-electron chi connectivity index (χ0n) is 11.0. The number of nitrogens with zero attached hydrogens (tertiary/aromatic N) is 2. The Hall–Kier alpha value is -0.650. The van der Waals surface area contributed by atoms with E-state index in [1.807, 2.05) is 13.8 Å². The molecule has 5 heteroatoms.